The maximum atomic E-state index is 14.0. The zero-order valence-electron chi connectivity index (χ0n) is 19.3. The highest BCUT2D eigenvalue weighted by molar-refractivity contribution is 7.92. The number of halogens is 1. The summed E-state index contributed by atoms with van der Waals surface area (Å²) in [5, 5.41) is 9.32. The predicted octanol–water partition coefficient (Wildman–Crippen LogP) is 4.71. The van der Waals surface area contributed by atoms with E-state index in [4.69, 9.17) is 0 Å². The second-order valence-electron chi connectivity index (χ2n) is 9.57. The van der Waals surface area contributed by atoms with Crippen molar-refractivity contribution in [3.05, 3.63) is 88.7 Å². The summed E-state index contributed by atoms with van der Waals surface area (Å²) in [5.41, 5.74) is 3.54. The summed E-state index contributed by atoms with van der Waals surface area (Å²) in [6, 6.07) is 15.9. The number of hydrogen-bond acceptors (Lipinski definition) is 4. The molecule has 4 rings (SSSR count). The van der Waals surface area contributed by atoms with Crippen molar-refractivity contribution < 1.29 is 22.7 Å². The van der Waals surface area contributed by atoms with E-state index < -0.39 is 15.8 Å². The number of benzene rings is 3. The van der Waals surface area contributed by atoms with Gasteiger partial charge >= 0.3 is 0 Å². The molecular weight excluding hydrogens is 455 g/mol. The van der Waals surface area contributed by atoms with Gasteiger partial charge in [0.05, 0.1) is 17.0 Å². The Bertz CT molecular complexity index is 1350. The number of rotatable bonds is 5. The van der Waals surface area contributed by atoms with Crippen LogP contribution in [0.5, 0.6) is 5.75 Å². The van der Waals surface area contributed by atoms with Crippen LogP contribution in [0.3, 0.4) is 0 Å². The summed E-state index contributed by atoms with van der Waals surface area (Å²) in [6.07, 6.45) is 0.269. The fourth-order valence-electron chi connectivity index (χ4n) is 3.91. The number of nitrogens with zero attached hydrogens (tertiary/aromatic N) is 1. The molecule has 1 aliphatic heterocycles. The second-order valence-corrected chi connectivity index (χ2v) is 11.3. The van der Waals surface area contributed by atoms with Gasteiger partial charge in [-0.15, -0.1) is 0 Å². The largest absolute Gasteiger partial charge is 0.508 e. The lowest BCUT2D eigenvalue weighted by Gasteiger charge is -2.19. The molecule has 0 spiro atoms. The van der Waals surface area contributed by atoms with E-state index in [2.05, 4.69) is 25.5 Å². The van der Waals surface area contributed by atoms with Crippen molar-refractivity contribution in [2.24, 2.45) is 0 Å². The van der Waals surface area contributed by atoms with E-state index in [9.17, 15) is 22.7 Å². The smallest absolute Gasteiger partial charge is 0.261 e. The van der Waals surface area contributed by atoms with Crippen molar-refractivity contribution in [2.45, 2.75) is 50.6 Å². The molecule has 0 saturated heterocycles. The maximum absolute atomic E-state index is 14.0. The Labute approximate surface area is 199 Å². The third-order valence-electron chi connectivity index (χ3n) is 5.94. The van der Waals surface area contributed by atoms with E-state index >= 15 is 0 Å². The number of phenols is 1. The van der Waals surface area contributed by atoms with Crippen LogP contribution in [0.1, 0.15) is 43.0 Å². The van der Waals surface area contributed by atoms with Gasteiger partial charge in [0.2, 0.25) is 5.91 Å². The number of phenolic OH excluding ortho intramolecular Hbond substituents is 1. The van der Waals surface area contributed by atoms with E-state index in [-0.39, 0.29) is 34.1 Å². The molecule has 2 N–H and O–H groups in total. The second kappa shape index (κ2) is 8.76. The lowest BCUT2D eigenvalue weighted by atomic mass is 9.86. The van der Waals surface area contributed by atoms with Gasteiger partial charge in [-0.2, -0.15) is 0 Å². The van der Waals surface area contributed by atoms with Crippen LogP contribution in [-0.2, 0) is 39.7 Å². The normalized spacial score (nSPS) is 13.6. The number of fused-ring (bicyclic) bond motifs is 1. The standard InChI is InChI=1S/C26H27FN2O4S/c1-26(2,3)20-7-4-17(5-8-20)12-25(31)29-15-18-6-10-22(13-19(18)16-29)34(32,33)28-24-11-9-21(30)14-23(24)27/h4-11,13-14,28,30H,12,15-16H2,1-3H3. The lowest BCUT2D eigenvalue weighted by Crippen LogP contribution is -2.26. The van der Waals surface area contributed by atoms with Crippen molar-refractivity contribution in [1.29, 1.82) is 0 Å². The molecule has 1 heterocycles. The number of aromatic hydroxyl groups is 1. The minimum atomic E-state index is -4.05. The highest BCUT2D eigenvalue weighted by Gasteiger charge is 2.26. The Morgan fingerprint density at radius 2 is 1.68 bits per heavy atom. The van der Waals surface area contributed by atoms with Crippen LogP contribution in [-0.4, -0.2) is 24.3 Å². The van der Waals surface area contributed by atoms with Gasteiger partial charge in [-0.1, -0.05) is 51.1 Å². The average molecular weight is 483 g/mol. The molecule has 1 amide bonds. The average Bonchev–Trinajstić information content (AvgIpc) is 3.19. The Morgan fingerprint density at radius 3 is 2.32 bits per heavy atom. The first-order valence-corrected chi connectivity index (χ1v) is 12.4. The number of anilines is 1. The quantitative estimate of drug-likeness (QED) is 0.516. The molecule has 0 aliphatic carbocycles. The van der Waals surface area contributed by atoms with Gasteiger partial charge in [0.15, 0.2) is 5.82 Å². The van der Waals surface area contributed by atoms with E-state index in [0.29, 0.717) is 13.1 Å². The molecule has 1 aliphatic rings. The minimum Gasteiger partial charge on any atom is -0.508 e. The van der Waals surface area contributed by atoms with E-state index in [1.54, 1.807) is 11.0 Å². The van der Waals surface area contributed by atoms with Gasteiger partial charge in [-0.3, -0.25) is 9.52 Å². The molecule has 8 heteroatoms. The molecule has 34 heavy (non-hydrogen) atoms. The molecule has 0 radical (unpaired) electrons. The van der Waals surface area contributed by atoms with Crippen LogP contribution in [0.25, 0.3) is 0 Å². The zero-order valence-corrected chi connectivity index (χ0v) is 20.1. The lowest BCUT2D eigenvalue weighted by molar-refractivity contribution is -0.131. The highest BCUT2D eigenvalue weighted by Crippen LogP contribution is 2.29. The van der Waals surface area contributed by atoms with E-state index in [0.717, 1.165) is 28.8 Å². The molecule has 6 nitrogen and oxygen atoms in total. The molecule has 3 aromatic carbocycles. The summed E-state index contributed by atoms with van der Waals surface area (Å²) in [7, 11) is -4.05. The van der Waals surface area contributed by atoms with Crippen molar-refractivity contribution in [3.63, 3.8) is 0 Å². The number of sulfonamides is 1. The Kier molecular flexibility index (Phi) is 6.12. The third-order valence-corrected chi connectivity index (χ3v) is 7.30. The Balaban J connectivity index is 1.45. The van der Waals surface area contributed by atoms with Crippen LogP contribution >= 0.6 is 0 Å². The molecular formula is C26H27FN2O4S. The van der Waals surface area contributed by atoms with Crippen LogP contribution < -0.4 is 4.72 Å². The molecule has 0 fully saturated rings. The molecule has 0 atom stereocenters. The fourth-order valence-corrected chi connectivity index (χ4v) is 5.03. The first kappa shape index (κ1) is 23.8. The Morgan fingerprint density at radius 1 is 1.00 bits per heavy atom. The predicted molar refractivity (Wildman–Crippen MR) is 128 cm³/mol. The summed E-state index contributed by atoms with van der Waals surface area (Å²) in [4.78, 5) is 14.6. The van der Waals surface area contributed by atoms with Gasteiger partial charge in [0, 0.05) is 19.2 Å². The van der Waals surface area contributed by atoms with Gasteiger partial charge < -0.3 is 10.0 Å². The van der Waals surface area contributed by atoms with E-state index in [1.165, 1.54) is 23.8 Å². The maximum Gasteiger partial charge on any atom is 0.261 e. The fraction of sp³-hybridized carbons (Fsp3) is 0.269. The first-order chi connectivity index (χ1) is 15.9. The molecule has 0 saturated carbocycles. The van der Waals surface area contributed by atoms with Crippen molar-refractivity contribution in [3.8, 4) is 5.75 Å². The molecule has 178 valence electrons. The summed E-state index contributed by atoms with van der Waals surface area (Å²) in [5.74, 6) is -1.21. The monoisotopic (exact) mass is 482 g/mol. The zero-order chi connectivity index (χ0) is 24.7. The first-order valence-electron chi connectivity index (χ1n) is 10.9. The Hall–Kier alpha value is -3.39. The van der Waals surface area contributed by atoms with Gasteiger partial charge in [0.25, 0.3) is 10.0 Å². The molecule has 0 aromatic heterocycles. The number of amides is 1. The van der Waals surface area contributed by atoms with Gasteiger partial charge in [-0.25, -0.2) is 12.8 Å². The van der Waals surface area contributed by atoms with Crippen LogP contribution in [0, 0.1) is 5.82 Å². The van der Waals surface area contributed by atoms with Crippen LogP contribution in [0.2, 0.25) is 0 Å². The van der Waals surface area contributed by atoms with Crippen molar-refractivity contribution in [1.82, 2.24) is 4.90 Å². The molecule has 0 unspecified atom stereocenters. The highest BCUT2D eigenvalue weighted by atomic mass is 32.2. The third kappa shape index (κ3) is 5.07. The number of nitrogens with one attached hydrogen (secondary N) is 1. The molecule has 0 bridgehead atoms. The summed E-state index contributed by atoms with van der Waals surface area (Å²) < 4.78 is 41.7. The van der Waals surface area contributed by atoms with Gasteiger partial charge in [0.1, 0.15) is 5.75 Å². The number of carbonyl (C=O) groups is 1. The number of carbonyl (C=O) groups excluding carboxylic acids is 1. The topological polar surface area (TPSA) is 86.7 Å². The van der Waals surface area contributed by atoms with E-state index in [1.807, 2.05) is 24.3 Å². The minimum absolute atomic E-state index is 0.0224. The number of hydrogen-bond donors (Lipinski definition) is 2. The van der Waals surface area contributed by atoms with Crippen LogP contribution in [0.4, 0.5) is 10.1 Å². The van der Waals surface area contributed by atoms with Crippen molar-refractivity contribution in [2.75, 3.05) is 4.72 Å². The summed E-state index contributed by atoms with van der Waals surface area (Å²) >= 11 is 0. The van der Waals surface area contributed by atoms with Crippen molar-refractivity contribution >= 4 is 21.6 Å². The van der Waals surface area contributed by atoms with Gasteiger partial charge in [-0.05, 0) is 51.9 Å². The SMILES string of the molecule is CC(C)(C)c1ccc(CC(=O)N2Cc3ccc(S(=O)(=O)Nc4ccc(O)cc4F)cc3C2)cc1. The van der Waals surface area contributed by atoms with Crippen LogP contribution in [0.15, 0.2) is 65.6 Å². The molecule has 3 aromatic rings. The summed E-state index contributed by atoms with van der Waals surface area (Å²) in [6.45, 7) is 7.14.